The number of benzene rings is 2. The molecule has 0 aliphatic carbocycles. The normalized spacial score (nSPS) is 15.1. The van der Waals surface area contributed by atoms with E-state index in [9.17, 15) is 9.18 Å². The summed E-state index contributed by atoms with van der Waals surface area (Å²) in [6.45, 7) is 2.72. The van der Waals surface area contributed by atoms with Crippen LogP contribution in [0.25, 0.3) is 0 Å². The zero-order chi connectivity index (χ0) is 16.4. The molecule has 3 rings (SSSR count). The van der Waals surface area contributed by atoms with Crippen molar-refractivity contribution in [2.24, 2.45) is 0 Å². The van der Waals surface area contributed by atoms with Gasteiger partial charge in [-0.05, 0) is 54.2 Å². The molecular formula is C19H21FN2O. The van der Waals surface area contributed by atoms with Gasteiger partial charge < -0.3 is 10.6 Å². The summed E-state index contributed by atoms with van der Waals surface area (Å²) >= 11 is 0. The van der Waals surface area contributed by atoms with Crippen LogP contribution in [-0.4, -0.2) is 12.5 Å². The van der Waals surface area contributed by atoms with Crippen LogP contribution in [0, 0.1) is 5.82 Å². The summed E-state index contributed by atoms with van der Waals surface area (Å²) in [4.78, 5) is 14.6. The highest BCUT2D eigenvalue weighted by Crippen LogP contribution is 2.32. The first-order valence-corrected chi connectivity index (χ1v) is 7.99. The molecule has 2 aromatic carbocycles. The second kappa shape index (κ2) is 6.41. The Labute approximate surface area is 135 Å². The predicted octanol–water partition coefficient (Wildman–Crippen LogP) is 3.88. The summed E-state index contributed by atoms with van der Waals surface area (Å²) in [5.41, 5.74) is 9.78. The SMILES string of the molecule is CC(CC(=O)N1CCCc2c(N)cccc21)c1ccc(F)cc1. The predicted molar refractivity (Wildman–Crippen MR) is 91.0 cm³/mol. The zero-order valence-corrected chi connectivity index (χ0v) is 13.3. The molecule has 4 heteroatoms. The quantitative estimate of drug-likeness (QED) is 0.874. The summed E-state index contributed by atoms with van der Waals surface area (Å²) in [6, 6.07) is 12.1. The third-order valence-electron chi connectivity index (χ3n) is 4.51. The zero-order valence-electron chi connectivity index (χ0n) is 13.3. The van der Waals surface area contributed by atoms with Gasteiger partial charge in [0.25, 0.3) is 0 Å². The molecule has 1 aliphatic rings. The molecule has 0 bridgehead atoms. The molecule has 0 saturated heterocycles. The van der Waals surface area contributed by atoms with E-state index in [2.05, 4.69) is 0 Å². The van der Waals surface area contributed by atoms with Gasteiger partial charge in [-0.1, -0.05) is 25.1 Å². The lowest BCUT2D eigenvalue weighted by molar-refractivity contribution is -0.119. The lowest BCUT2D eigenvalue weighted by atomic mass is 9.95. The van der Waals surface area contributed by atoms with Gasteiger partial charge in [0, 0.05) is 24.3 Å². The van der Waals surface area contributed by atoms with Crippen molar-refractivity contribution < 1.29 is 9.18 Å². The Morgan fingerprint density at radius 2 is 2.00 bits per heavy atom. The first kappa shape index (κ1) is 15.5. The van der Waals surface area contributed by atoms with Gasteiger partial charge in [-0.3, -0.25) is 4.79 Å². The molecule has 0 radical (unpaired) electrons. The number of rotatable bonds is 3. The van der Waals surface area contributed by atoms with Gasteiger partial charge in [-0.2, -0.15) is 0 Å². The van der Waals surface area contributed by atoms with Gasteiger partial charge in [0.1, 0.15) is 5.82 Å². The maximum atomic E-state index is 13.0. The van der Waals surface area contributed by atoms with Crippen LogP contribution in [0.4, 0.5) is 15.8 Å². The lowest BCUT2D eigenvalue weighted by Crippen LogP contribution is -2.36. The van der Waals surface area contributed by atoms with Crippen molar-refractivity contribution in [1.29, 1.82) is 0 Å². The number of fused-ring (bicyclic) bond motifs is 1. The molecule has 1 heterocycles. The third-order valence-corrected chi connectivity index (χ3v) is 4.51. The standard InChI is InChI=1S/C19H21FN2O/c1-13(14-7-9-15(20)10-8-14)12-19(23)22-11-3-4-16-17(21)5-2-6-18(16)22/h2,5-10,13H,3-4,11-12,21H2,1H3. The van der Waals surface area contributed by atoms with E-state index in [1.807, 2.05) is 30.0 Å². The topological polar surface area (TPSA) is 46.3 Å². The van der Waals surface area contributed by atoms with Crippen molar-refractivity contribution in [3.63, 3.8) is 0 Å². The van der Waals surface area contributed by atoms with E-state index in [4.69, 9.17) is 5.73 Å². The molecule has 120 valence electrons. The second-order valence-electron chi connectivity index (χ2n) is 6.15. The Morgan fingerprint density at radius 3 is 2.74 bits per heavy atom. The van der Waals surface area contributed by atoms with Crippen molar-refractivity contribution in [2.45, 2.75) is 32.1 Å². The van der Waals surface area contributed by atoms with Crippen molar-refractivity contribution >= 4 is 17.3 Å². The Hall–Kier alpha value is -2.36. The summed E-state index contributed by atoms with van der Waals surface area (Å²) < 4.78 is 13.0. The fourth-order valence-electron chi connectivity index (χ4n) is 3.19. The maximum absolute atomic E-state index is 13.0. The van der Waals surface area contributed by atoms with Gasteiger partial charge in [-0.25, -0.2) is 4.39 Å². The highest BCUT2D eigenvalue weighted by Gasteiger charge is 2.25. The summed E-state index contributed by atoms with van der Waals surface area (Å²) in [5.74, 6) is -0.115. The number of carbonyl (C=O) groups is 1. The minimum Gasteiger partial charge on any atom is -0.398 e. The molecule has 1 atom stereocenters. The van der Waals surface area contributed by atoms with E-state index < -0.39 is 0 Å². The summed E-state index contributed by atoms with van der Waals surface area (Å²) in [6.07, 6.45) is 2.25. The van der Waals surface area contributed by atoms with E-state index in [1.54, 1.807) is 12.1 Å². The van der Waals surface area contributed by atoms with Gasteiger partial charge in [-0.15, -0.1) is 0 Å². The van der Waals surface area contributed by atoms with Crippen LogP contribution in [0.15, 0.2) is 42.5 Å². The number of nitrogens with two attached hydrogens (primary N) is 1. The van der Waals surface area contributed by atoms with Crippen LogP contribution >= 0.6 is 0 Å². The molecule has 2 aromatic rings. The summed E-state index contributed by atoms with van der Waals surface area (Å²) in [7, 11) is 0. The minimum atomic E-state index is -0.257. The Morgan fingerprint density at radius 1 is 1.26 bits per heavy atom. The molecular weight excluding hydrogens is 291 g/mol. The first-order valence-electron chi connectivity index (χ1n) is 7.99. The molecule has 2 N–H and O–H groups in total. The molecule has 0 fully saturated rings. The van der Waals surface area contributed by atoms with Crippen LogP contribution in [0.1, 0.15) is 36.8 Å². The van der Waals surface area contributed by atoms with Gasteiger partial charge >= 0.3 is 0 Å². The fraction of sp³-hybridized carbons (Fsp3) is 0.316. The van der Waals surface area contributed by atoms with Crippen LogP contribution in [-0.2, 0) is 11.2 Å². The van der Waals surface area contributed by atoms with E-state index >= 15 is 0 Å². The molecule has 1 unspecified atom stereocenters. The summed E-state index contributed by atoms with van der Waals surface area (Å²) in [5, 5.41) is 0. The Kier molecular flexibility index (Phi) is 4.33. The number of amides is 1. The molecule has 0 aromatic heterocycles. The average molecular weight is 312 g/mol. The lowest BCUT2D eigenvalue weighted by Gasteiger charge is -2.31. The maximum Gasteiger partial charge on any atom is 0.227 e. The molecule has 23 heavy (non-hydrogen) atoms. The number of halogens is 1. The number of hydrogen-bond donors (Lipinski definition) is 1. The second-order valence-corrected chi connectivity index (χ2v) is 6.15. The van der Waals surface area contributed by atoms with E-state index in [0.29, 0.717) is 6.42 Å². The number of nitrogens with zero attached hydrogens (tertiary/aromatic N) is 1. The molecule has 1 aliphatic heterocycles. The monoisotopic (exact) mass is 312 g/mol. The number of anilines is 2. The number of hydrogen-bond acceptors (Lipinski definition) is 2. The average Bonchev–Trinajstić information content (AvgIpc) is 2.55. The van der Waals surface area contributed by atoms with Crippen molar-refractivity contribution in [3.05, 3.63) is 59.4 Å². The van der Waals surface area contributed by atoms with Gasteiger partial charge in [0.15, 0.2) is 0 Å². The van der Waals surface area contributed by atoms with E-state index in [0.717, 1.165) is 41.9 Å². The highest BCUT2D eigenvalue weighted by atomic mass is 19.1. The largest absolute Gasteiger partial charge is 0.398 e. The van der Waals surface area contributed by atoms with Gasteiger partial charge in [0.2, 0.25) is 5.91 Å². The van der Waals surface area contributed by atoms with Gasteiger partial charge in [0.05, 0.1) is 0 Å². The highest BCUT2D eigenvalue weighted by molar-refractivity contribution is 5.95. The first-order chi connectivity index (χ1) is 11.1. The molecule has 3 nitrogen and oxygen atoms in total. The van der Waals surface area contributed by atoms with Crippen LogP contribution in [0.5, 0.6) is 0 Å². The van der Waals surface area contributed by atoms with E-state index in [1.165, 1.54) is 12.1 Å². The fourth-order valence-corrected chi connectivity index (χ4v) is 3.19. The number of carbonyl (C=O) groups excluding carboxylic acids is 1. The van der Waals surface area contributed by atoms with Crippen molar-refractivity contribution in [3.8, 4) is 0 Å². The smallest absolute Gasteiger partial charge is 0.227 e. The van der Waals surface area contributed by atoms with E-state index in [-0.39, 0.29) is 17.6 Å². The number of nitrogen functional groups attached to an aromatic ring is 1. The van der Waals surface area contributed by atoms with Crippen LogP contribution in [0.2, 0.25) is 0 Å². The van der Waals surface area contributed by atoms with Crippen molar-refractivity contribution in [1.82, 2.24) is 0 Å². The van der Waals surface area contributed by atoms with Crippen LogP contribution in [0.3, 0.4) is 0 Å². The van der Waals surface area contributed by atoms with Crippen LogP contribution < -0.4 is 10.6 Å². The molecule has 0 saturated carbocycles. The minimum absolute atomic E-state index is 0.0505. The van der Waals surface area contributed by atoms with Crippen molar-refractivity contribution in [2.75, 3.05) is 17.2 Å². The third kappa shape index (κ3) is 3.21. The molecule has 0 spiro atoms. The Balaban J connectivity index is 1.77. The Bertz CT molecular complexity index is 712. The molecule has 1 amide bonds.